The van der Waals surface area contributed by atoms with Crippen LogP contribution in [0.1, 0.15) is 31.0 Å². The molecule has 0 unspecified atom stereocenters. The van der Waals surface area contributed by atoms with Crippen LogP contribution >= 0.6 is 0 Å². The van der Waals surface area contributed by atoms with Crippen LogP contribution in [0.25, 0.3) is 0 Å². The largest absolute Gasteiger partial charge is 0.385 e. The molecule has 2 rings (SSSR count). The van der Waals surface area contributed by atoms with Crippen molar-refractivity contribution in [3.8, 4) is 0 Å². The monoisotopic (exact) mass is 223 g/mol. The van der Waals surface area contributed by atoms with Gasteiger partial charge in [-0.2, -0.15) is 0 Å². The molecule has 88 valence electrons. The molecule has 0 bridgehead atoms. The maximum absolute atomic E-state index is 11.4. The third-order valence-corrected chi connectivity index (χ3v) is 2.56. The molecule has 5 nitrogen and oxygen atoms in total. The molecule has 0 saturated heterocycles. The summed E-state index contributed by atoms with van der Waals surface area (Å²) in [5, 5.41) is 3.13. The number of aromatic nitrogens is 2. The van der Waals surface area contributed by atoms with Gasteiger partial charge < -0.3 is 15.0 Å². The van der Waals surface area contributed by atoms with E-state index in [1.54, 1.807) is 7.11 Å². The van der Waals surface area contributed by atoms with Crippen LogP contribution in [0.15, 0.2) is 10.9 Å². The molecule has 1 aliphatic carbocycles. The smallest absolute Gasteiger partial charge is 0.252 e. The summed E-state index contributed by atoms with van der Waals surface area (Å²) >= 11 is 0. The van der Waals surface area contributed by atoms with E-state index in [2.05, 4.69) is 15.3 Å². The summed E-state index contributed by atoms with van der Waals surface area (Å²) in [5.41, 5.74) is -0.0776. The summed E-state index contributed by atoms with van der Waals surface area (Å²) in [6, 6.07) is 1.50. The second-order valence-corrected chi connectivity index (χ2v) is 4.06. The maximum Gasteiger partial charge on any atom is 0.252 e. The van der Waals surface area contributed by atoms with Crippen LogP contribution in [-0.4, -0.2) is 30.2 Å². The van der Waals surface area contributed by atoms with Crippen molar-refractivity contribution in [2.24, 2.45) is 0 Å². The van der Waals surface area contributed by atoms with E-state index in [1.807, 2.05) is 0 Å². The maximum atomic E-state index is 11.4. The van der Waals surface area contributed by atoms with Crippen LogP contribution in [0, 0.1) is 0 Å². The van der Waals surface area contributed by atoms with Crippen molar-refractivity contribution in [3.63, 3.8) is 0 Å². The van der Waals surface area contributed by atoms with Gasteiger partial charge in [0.15, 0.2) is 0 Å². The fourth-order valence-corrected chi connectivity index (χ4v) is 1.55. The number of anilines is 1. The minimum atomic E-state index is -0.0776. The summed E-state index contributed by atoms with van der Waals surface area (Å²) in [5.74, 6) is 1.96. The lowest BCUT2D eigenvalue weighted by molar-refractivity contribution is 0.197. The third-order valence-electron chi connectivity index (χ3n) is 2.56. The van der Waals surface area contributed by atoms with E-state index in [0.717, 1.165) is 31.6 Å². The molecule has 1 aromatic rings. The highest BCUT2D eigenvalue weighted by Gasteiger charge is 2.26. The van der Waals surface area contributed by atoms with Gasteiger partial charge in [0.25, 0.3) is 5.56 Å². The quantitative estimate of drug-likeness (QED) is 0.709. The Morgan fingerprint density at radius 1 is 1.62 bits per heavy atom. The molecule has 1 aliphatic rings. The Balaban J connectivity index is 1.94. The molecule has 0 radical (unpaired) electrons. The topological polar surface area (TPSA) is 67.0 Å². The number of nitrogens with zero attached hydrogens (tertiary/aromatic N) is 1. The lowest BCUT2D eigenvalue weighted by atomic mass is 10.4. The molecule has 0 amide bonds. The van der Waals surface area contributed by atoms with E-state index in [1.165, 1.54) is 6.07 Å². The van der Waals surface area contributed by atoms with Crippen LogP contribution in [0.5, 0.6) is 0 Å². The van der Waals surface area contributed by atoms with Crippen LogP contribution in [0.4, 0.5) is 5.82 Å². The van der Waals surface area contributed by atoms with Gasteiger partial charge >= 0.3 is 0 Å². The average molecular weight is 223 g/mol. The van der Waals surface area contributed by atoms with Gasteiger partial charge in [-0.3, -0.25) is 4.79 Å². The number of aromatic amines is 1. The number of hydrogen-bond acceptors (Lipinski definition) is 4. The van der Waals surface area contributed by atoms with Crippen LogP contribution in [0.3, 0.4) is 0 Å². The van der Waals surface area contributed by atoms with E-state index in [4.69, 9.17) is 4.74 Å². The fourth-order valence-electron chi connectivity index (χ4n) is 1.55. The average Bonchev–Trinajstić information content (AvgIpc) is 3.07. The van der Waals surface area contributed by atoms with Gasteiger partial charge in [-0.1, -0.05) is 0 Å². The van der Waals surface area contributed by atoms with E-state index in [0.29, 0.717) is 18.3 Å². The Hall–Kier alpha value is -1.36. The summed E-state index contributed by atoms with van der Waals surface area (Å²) < 4.78 is 4.95. The minimum absolute atomic E-state index is 0.0776. The molecule has 1 saturated carbocycles. The van der Waals surface area contributed by atoms with Gasteiger partial charge in [-0.15, -0.1) is 0 Å². The second kappa shape index (κ2) is 5.12. The van der Waals surface area contributed by atoms with Crippen molar-refractivity contribution in [2.45, 2.75) is 25.2 Å². The second-order valence-electron chi connectivity index (χ2n) is 4.06. The zero-order valence-electron chi connectivity index (χ0n) is 9.45. The predicted octanol–water partition coefficient (Wildman–Crippen LogP) is 1.10. The Labute approximate surface area is 94.2 Å². The zero-order chi connectivity index (χ0) is 11.4. The summed E-state index contributed by atoms with van der Waals surface area (Å²) in [6.07, 6.45) is 3.18. The lowest BCUT2D eigenvalue weighted by Crippen LogP contribution is -2.14. The van der Waals surface area contributed by atoms with Gasteiger partial charge in [-0.25, -0.2) is 4.98 Å². The predicted molar refractivity (Wildman–Crippen MR) is 61.8 cm³/mol. The van der Waals surface area contributed by atoms with Crippen LogP contribution < -0.4 is 10.9 Å². The van der Waals surface area contributed by atoms with Gasteiger partial charge in [-0.05, 0) is 19.3 Å². The Bertz CT molecular complexity index is 398. The first-order chi connectivity index (χ1) is 7.79. The van der Waals surface area contributed by atoms with Crippen molar-refractivity contribution in [2.75, 3.05) is 25.6 Å². The third kappa shape index (κ3) is 3.06. The zero-order valence-corrected chi connectivity index (χ0v) is 9.45. The first-order valence-electron chi connectivity index (χ1n) is 5.63. The van der Waals surface area contributed by atoms with E-state index >= 15 is 0 Å². The first kappa shape index (κ1) is 11.1. The molecule has 0 atom stereocenters. The van der Waals surface area contributed by atoms with Gasteiger partial charge in [0.05, 0.1) is 0 Å². The number of methoxy groups -OCH3 is 1. The molecule has 0 aliphatic heterocycles. The molecule has 5 heteroatoms. The van der Waals surface area contributed by atoms with E-state index in [9.17, 15) is 4.79 Å². The van der Waals surface area contributed by atoms with Gasteiger partial charge in [0, 0.05) is 32.2 Å². The minimum Gasteiger partial charge on any atom is -0.385 e. The summed E-state index contributed by atoms with van der Waals surface area (Å²) in [4.78, 5) is 18.5. The molecule has 0 aromatic carbocycles. The number of H-pyrrole nitrogens is 1. The standard InChI is InChI=1S/C11H17N3O2/c1-16-6-2-5-12-9-7-10(15)14-11(13-9)8-3-4-8/h7-8H,2-6H2,1H3,(H2,12,13,14,15). The van der Waals surface area contributed by atoms with Crippen molar-refractivity contribution in [3.05, 3.63) is 22.2 Å². The Morgan fingerprint density at radius 3 is 3.12 bits per heavy atom. The summed E-state index contributed by atoms with van der Waals surface area (Å²) in [7, 11) is 1.68. The first-order valence-corrected chi connectivity index (χ1v) is 5.63. The fraction of sp³-hybridized carbons (Fsp3) is 0.636. The molecule has 0 spiro atoms. The van der Waals surface area contributed by atoms with E-state index in [-0.39, 0.29) is 5.56 Å². The highest BCUT2D eigenvalue weighted by atomic mass is 16.5. The molecule has 16 heavy (non-hydrogen) atoms. The number of rotatable bonds is 6. The summed E-state index contributed by atoms with van der Waals surface area (Å²) in [6.45, 7) is 1.49. The number of nitrogens with one attached hydrogen (secondary N) is 2. The van der Waals surface area contributed by atoms with Crippen molar-refractivity contribution in [1.82, 2.24) is 9.97 Å². The van der Waals surface area contributed by atoms with Gasteiger partial charge in [0.2, 0.25) is 0 Å². The molecule has 2 N–H and O–H groups in total. The van der Waals surface area contributed by atoms with E-state index < -0.39 is 0 Å². The molecular weight excluding hydrogens is 206 g/mol. The Morgan fingerprint density at radius 2 is 2.44 bits per heavy atom. The molecule has 1 aromatic heterocycles. The SMILES string of the molecule is COCCCNc1cc(=O)[nH]c(C2CC2)n1. The molecular formula is C11H17N3O2. The molecule has 1 heterocycles. The molecule has 1 fully saturated rings. The van der Waals surface area contributed by atoms with Crippen molar-refractivity contribution < 1.29 is 4.74 Å². The van der Waals surface area contributed by atoms with Crippen molar-refractivity contribution >= 4 is 5.82 Å². The Kier molecular flexibility index (Phi) is 3.56. The van der Waals surface area contributed by atoms with Gasteiger partial charge in [0.1, 0.15) is 11.6 Å². The number of ether oxygens (including phenoxy) is 1. The highest BCUT2D eigenvalue weighted by Crippen LogP contribution is 2.37. The number of hydrogen-bond donors (Lipinski definition) is 2. The van der Waals surface area contributed by atoms with Crippen molar-refractivity contribution in [1.29, 1.82) is 0 Å². The van der Waals surface area contributed by atoms with Crippen LogP contribution in [-0.2, 0) is 4.74 Å². The normalized spacial score (nSPS) is 15.1. The lowest BCUT2D eigenvalue weighted by Gasteiger charge is -2.06. The van der Waals surface area contributed by atoms with Crippen LogP contribution in [0.2, 0.25) is 0 Å². The highest BCUT2D eigenvalue weighted by molar-refractivity contribution is 5.33.